The number of nitrogens with one attached hydrogen (secondary N) is 2. The van der Waals surface area contributed by atoms with Crippen molar-refractivity contribution >= 4 is 11.7 Å². The summed E-state index contributed by atoms with van der Waals surface area (Å²) < 4.78 is 10.2. The Morgan fingerprint density at radius 2 is 2.16 bits per heavy atom. The van der Waals surface area contributed by atoms with E-state index in [4.69, 9.17) is 15.2 Å². The third kappa shape index (κ3) is 5.27. The number of hydrogen-bond donors (Lipinski definition) is 3. The molecule has 4 N–H and O–H groups in total. The van der Waals surface area contributed by atoms with Gasteiger partial charge in [0.2, 0.25) is 0 Å². The van der Waals surface area contributed by atoms with Gasteiger partial charge in [-0.3, -0.25) is 9.89 Å². The highest BCUT2D eigenvalue weighted by molar-refractivity contribution is 5.99. The molecule has 0 aromatic carbocycles. The van der Waals surface area contributed by atoms with Gasteiger partial charge in [0.15, 0.2) is 5.82 Å². The molecular formula is C12H22N4O3. The fourth-order valence-corrected chi connectivity index (χ4v) is 1.60. The van der Waals surface area contributed by atoms with Gasteiger partial charge < -0.3 is 20.5 Å². The monoisotopic (exact) mass is 270 g/mol. The number of methoxy groups -OCH3 is 1. The van der Waals surface area contributed by atoms with Gasteiger partial charge in [-0.2, -0.15) is 5.10 Å². The minimum absolute atomic E-state index is 0.191. The molecule has 0 aliphatic rings. The van der Waals surface area contributed by atoms with Crippen molar-refractivity contribution in [1.29, 1.82) is 0 Å². The maximum atomic E-state index is 11.8. The molecule has 0 saturated carbocycles. The summed E-state index contributed by atoms with van der Waals surface area (Å²) in [5.41, 5.74) is 6.71. The van der Waals surface area contributed by atoms with Crippen LogP contribution in [0.3, 0.4) is 0 Å². The minimum Gasteiger partial charge on any atom is -0.382 e. The first-order valence-electron chi connectivity index (χ1n) is 6.32. The van der Waals surface area contributed by atoms with Crippen LogP contribution in [0, 0.1) is 6.92 Å². The van der Waals surface area contributed by atoms with Crippen LogP contribution in [0.15, 0.2) is 0 Å². The van der Waals surface area contributed by atoms with Crippen molar-refractivity contribution in [3.63, 3.8) is 0 Å². The Morgan fingerprint density at radius 1 is 1.37 bits per heavy atom. The van der Waals surface area contributed by atoms with Crippen molar-refractivity contribution in [2.45, 2.75) is 19.8 Å². The smallest absolute Gasteiger partial charge is 0.256 e. The maximum absolute atomic E-state index is 11.8. The largest absolute Gasteiger partial charge is 0.382 e. The Balaban J connectivity index is 2.11. The molecule has 0 radical (unpaired) electrons. The van der Waals surface area contributed by atoms with Crippen LogP contribution < -0.4 is 11.1 Å². The highest BCUT2D eigenvalue weighted by Crippen LogP contribution is 2.11. The number of carbonyl (C=O) groups is 1. The average molecular weight is 270 g/mol. The molecule has 1 aromatic heterocycles. The molecule has 0 aliphatic heterocycles. The molecule has 0 aliphatic carbocycles. The lowest BCUT2D eigenvalue weighted by atomic mass is 10.2. The summed E-state index contributed by atoms with van der Waals surface area (Å²) in [6, 6.07) is 0. The second-order valence-corrected chi connectivity index (χ2v) is 4.18. The Bertz CT molecular complexity index is 373. The second-order valence-electron chi connectivity index (χ2n) is 4.18. The van der Waals surface area contributed by atoms with E-state index in [9.17, 15) is 4.79 Å². The van der Waals surface area contributed by atoms with E-state index < -0.39 is 0 Å². The fraction of sp³-hybridized carbons (Fsp3) is 0.667. The van der Waals surface area contributed by atoms with E-state index in [0.717, 1.165) is 12.8 Å². The van der Waals surface area contributed by atoms with Crippen molar-refractivity contribution in [2.24, 2.45) is 0 Å². The summed E-state index contributed by atoms with van der Waals surface area (Å²) in [6.45, 7) is 4.24. The van der Waals surface area contributed by atoms with Gasteiger partial charge in [-0.1, -0.05) is 0 Å². The van der Waals surface area contributed by atoms with Gasteiger partial charge in [-0.05, 0) is 19.8 Å². The Labute approximate surface area is 112 Å². The third-order valence-corrected chi connectivity index (χ3v) is 2.64. The number of aromatic nitrogens is 2. The number of aryl methyl sites for hydroxylation is 1. The Morgan fingerprint density at radius 3 is 2.79 bits per heavy atom. The Kier molecular flexibility index (Phi) is 6.91. The first-order chi connectivity index (χ1) is 9.16. The number of H-pyrrole nitrogens is 1. The molecule has 1 rings (SSSR count). The summed E-state index contributed by atoms with van der Waals surface area (Å²) in [4.78, 5) is 11.8. The summed E-state index contributed by atoms with van der Waals surface area (Å²) >= 11 is 0. The van der Waals surface area contributed by atoms with E-state index in [0.29, 0.717) is 37.6 Å². The first kappa shape index (κ1) is 15.5. The van der Waals surface area contributed by atoms with Crippen molar-refractivity contribution in [3.05, 3.63) is 11.3 Å². The molecule has 1 amide bonds. The van der Waals surface area contributed by atoms with Gasteiger partial charge in [-0.15, -0.1) is 0 Å². The fourth-order valence-electron chi connectivity index (χ4n) is 1.60. The number of carbonyl (C=O) groups excluding carboxylic acids is 1. The molecule has 0 saturated heterocycles. The third-order valence-electron chi connectivity index (χ3n) is 2.64. The van der Waals surface area contributed by atoms with Crippen LogP contribution in [0.2, 0.25) is 0 Å². The molecule has 1 aromatic rings. The molecule has 0 unspecified atom stereocenters. The predicted octanol–water partition coefficient (Wildman–Crippen LogP) is 0.473. The van der Waals surface area contributed by atoms with Crippen LogP contribution in [0.25, 0.3) is 0 Å². The lowest BCUT2D eigenvalue weighted by Crippen LogP contribution is -2.25. The average Bonchev–Trinajstić information content (AvgIpc) is 2.72. The zero-order chi connectivity index (χ0) is 14.1. The number of aromatic amines is 1. The second kappa shape index (κ2) is 8.49. The van der Waals surface area contributed by atoms with E-state index in [1.54, 1.807) is 14.0 Å². The highest BCUT2D eigenvalue weighted by Gasteiger charge is 2.14. The maximum Gasteiger partial charge on any atom is 0.256 e. The van der Waals surface area contributed by atoms with Crippen LogP contribution in [0.5, 0.6) is 0 Å². The minimum atomic E-state index is -0.191. The van der Waals surface area contributed by atoms with E-state index in [1.165, 1.54) is 0 Å². The predicted molar refractivity (Wildman–Crippen MR) is 72.0 cm³/mol. The molecule has 0 atom stereocenters. The number of nitrogens with two attached hydrogens (primary N) is 1. The number of nitrogens with zero attached hydrogens (tertiary/aromatic N) is 1. The first-order valence-corrected chi connectivity index (χ1v) is 6.32. The quantitative estimate of drug-likeness (QED) is 0.566. The van der Waals surface area contributed by atoms with Crippen molar-refractivity contribution in [3.8, 4) is 0 Å². The van der Waals surface area contributed by atoms with Crippen LogP contribution in [-0.4, -0.2) is 49.6 Å². The summed E-state index contributed by atoms with van der Waals surface area (Å²) in [6.07, 6.45) is 1.75. The summed E-state index contributed by atoms with van der Waals surface area (Å²) in [5.74, 6) is 0.0435. The van der Waals surface area contributed by atoms with E-state index >= 15 is 0 Å². The molecule has 19 heavy (non-hydrogen) atoms. The van der Waals surface area contributed by atoms with Gasteiger partial charge in [-0.25, -0.2) is 0 Å². The number of unbranched alkanes of at least 4 members (excludes halogenated alkanes) is 1. The number of amides is 1. The molecule has 7 nitrogen and oxygen atoms in total. The summed E-state index contributed by atoms with van der Waals surface area (Å²) in [5, 5.41) is 9.27. The van der Waals surface area contributed by atoms with Crippen LogP contribution >= 0.6 is 0 Å². The molecule has 7 heteroatoms. The SMILES string of the molecule is COCCOCCCCNC(=O)c1c(N)n[nH]c1C. The van der Waals surface area contributed by atoms with Gasteiger partial charge in [0.05, 0.1) is 13.2 Å². The molecule has 0 bridgehead atoms. The van der Waals surface area contributed by atoms with E-state index in [2.05, 4.69) is 15.5 Å². The lowest BCUT2D eigenvalue weighted by molar-refractivity contribution is 0.0686. The van der Waals surface area contributed by atoms with Gasteiger partial charge in [0.1, 0.15) is 5.56 Å². The number of anilines is 1. The zero-order valence-electron chi connectivity index (χ0n) is 11.5. The molecule has 108 valence electrons. The molecular weight excluding hydrogens is 248 g/mol. The van der Waals surface area contributed by atoms with Gasteiger partial charge in [0, 0.05) is 26.0 Å². The topological polar surface area (TPSA) is 102 Å². The number of nitrogen functional groups attached to an aromatic ring is 1. The van der Waals surface area contributed by atoms with E-state index in [-0.39, 0.29) is 11.7 Å². The Hall–Kier alpha value is -1.60. The number of rotatable bonds is 9. The summed E-state index contributed by atoms with van der Waals surface area (Å²) in [7, 11) is 1.64. The van der Waals surface area contributed by atoms with Crippen LogP contribution in [0.4, 0.5) is 5.82 Å². The van der Waals surface area contributed by atoms with E-state index in [1.807, 2.05) is 0 Å². The van der Waals surface area contributed by atoms with Crippen molar-refractivity contribution in [1.82, 2.24) is 15.5 Å². The lowest BCUT2D eigenvalue weighted by Gasteiger charge is -2.06. The molecule has 1 heterocycles. The molecule has 0 fully saturated rings. The number of hydrogen-bond acceptors (Lipinski definition) is 5. The van der Waals surface area contributed by atoms with Gasteiger partial charge in [0.25, 0.3) is 5.91 Å². The number of ether oxygens (including phenoxy) is 2. The normalized spacial score (nSPS) is 10.6. The van der Waals surface area contributed by atoms with Crippen LogP contribution in [-0.2, 0) is 9.47 Å². The standard InChI is InChI=1S/C12H22N4O3/c1-9-10(11(13)16-15-9)12(17)14-5-3-4-6-19-8-7-18-2/h3-8H2,1-2H3,(H,14,17)(H3,13,15,16). The van der Waals surface area contributed by atoms with Crippen molar-refractivity contribution in [2.75, 3.05) is 39.2 Å². The van der Waals surface area contributed by atoms with Gasteiger partial charge >= 0.3 is 0 Å². The van der Waals surface area contributed by atoms with Crippen LogP contribution in [0.1, 0.15) is 28.9 Å². The van der Waals surface area contributed by atoms with Crippen molar-refractivity contribution < 1.29 is 14.3 Å². The molecule has 0 spiro atoms. The zero-order valence-corrected chi connectivity index (χ0v) is 11.5. The highest BCUT2D eigenvalue weighted by atomic mass is 16.5.